The zero-order valence-corrected chi connectivity index (χ0v) is 11.0. The topological polar surface area (TPSA) is 24.4 Å². The summed E-state index contributed by atoms with van der Waals surface area (Å²) < 4.78 is 13.0. The van der Waals surface area contributed by atoms with Gasteiger partial charge in [0.25, 0.3) is 0 Å². The Hall–Kier alpha value is -1.03. The number of amidine groups is 1. The minimum atomic E-state index is -0.226. The van der Waals surface area contributed by atoms with Crippen molar-refractivity contribution in [3.8, 4) is 0 Å². The van der Waals surface area contributed by atoms with Crippen molar-refractivity contribution in [3.05, 3.63) is 30.1 Å². The van der Waals surface area contributed by atoms with Crippen molar-refractivity contribution >= 4 is 22.6 Å². The monoisotopic (exact) mass is 252 g/mol. The van der Waals surface area contributed by atoms with Crippen LogP contribution in [0.4, 0.5) is 10.1 Å². The molecule has 0 bridgehead atoms. The third-order valence-electron chi connectivity index (χ3n) is 3.21. The first-order valence-electron chi connectivity index (χ1n) is 5.93. The van der Waals surface area contributed by atoms with E-state index in [4.69, 9.17) is 4.99 Å². The molecule has 1 aliphatic rings. The van der Waals surface area contributed by atoms with Crippen LogP contribution in [0.2, 0.25) is 0 Å². The number of benzene rings is 1. The van der Waals surface area contributed by atoms with Gasteiger partial charge in [-0.15, -0.1) is 0 Å². The van der Waals surface area contributed by atoms with Gasteiger partial charge in [-0.25, -0.2) is 4.39 Å². The van der Waals surface area contributed by atoms with Crippen LogP contribution in [0.5, 0.6) is 0 Å². The van der Waals surface area contributed by atoms with E-state index in [2.05, 4.69) is 19.2 Å². The van der Waals surface area contributed by atoms with Crippen LogP contribution >= 0.6 is 11.8 Å². The second-order valence-corrected chi connectivity index (χ2v) is 5.24. The molecule has 1 aliphatic heterocycles. The highest BCUT2D eigenvalue weighted by atomic mass is 32.2. The van der Waals surface area contributed by atoms with Crippen molar-refractivity contribution in [3.63, 3.8) is 0 Å². The molecule has 92 valence electrons. The van der Waals surface area contributed by atoms with Gasteiger partial charge >= 0.3 is 0 Å². The number of hydrogen-bond donors (Lipinski definition) is 1. The number of anilines is 1. The molecule has 2 nitrogen and oxygen atoms in total. The predicted octanol–water partition coefficient (Wildman–Crippen LogP) is 3.90. The van der Waals surface area contributed by atoms with E-state index in [0.717, 1.165) is 29.4 Å². The molecular weight excluding hydrogens is 235 g/mol. The molecule has 0 saturated heterocycles. The molecule has 1 aromatic carbocycles. The molecule has 1 N–H and O–H groups in total. The van der Waals surface area contributed by atoms with Crippen molar-refractivity contribution in [2.24, 2.45) is 4.99 Å². The summed E-state index contributed by atoms with van der Waals surface area (Å²) in [5.41, 5.74) is 0.833. The zero-order chi connectivity index (χ0) is 12.3. The van der Waals surface area contributed by atoms with E-state index in [1.54, 1.807) is 17.8 Å². The van der Waals surface area contributed by atoms with Crippen LogP contribution in [0.1, 0.15) is 26.7 Å². The van der Waals surface area contributed by atoms with Gasteiger partial charge in [0.1, 0.15) is 5.82 Å². The Kier molecular flexibility index (Phi) is 3.72. The zero-order valence-electron chi connectivity index (χ0n) is 10.2. The molecule has 0 atom stereocenters. The Morgan fingerprint density at radius 1 is 1.41 bits per heavy atom. The second-order valence-electron chi connectivity index (χ2n) is 4.27. The quantitative estimate of drug-likeness (QED) is 0.882. The summed E-state index contributed by atoms with van der Waals surface area (Å²) in [5, 5.41) is 4.08. The van der Waals surface area contributed by atoms with Gasteiger partial charge in [-0.3, -0.25) is 4.99 Å². The molecule has 2 rings (SSSR count). The highest BCUT2D eigenvalue weighted by molar-refractivity contribution is 8.14. The average Bonchev–Trinajstić information content (AvgIpc) is 2.73. The molecule has 1 aromatic rings. The number of hydrogen-bond acceptors (Lipinski definition) is 3. The Morgan fingerprint density at radius 2 is 2.18 bits per heavy atom. The van der Waals surface area contributed by atoms with Crippen LogP contribution in [0.3, 0.4) is 0 Å². The van der Waals surface area contributed by atoms with E-state index >= 15 is 0 Å². The van der Waals surface area contributed by atoms with Gasteiger partial charge in [0.15, 0.2) is 5.17 Å². The Balaban J connectivity index is 2.11. The van der Waals surface area contributed by atoms with Crippen molar-refractivity contribution in [2.75, 3.05) is 11.1 Å². The van der Waals surface area contributed by atoms with Crippen molar-refractivity contribution in [2.45, 2.75) is 32.2 Å². The van der Waals surface area contributed by atoms with Crippen molar-refractivity contribution in [1.29, 1.82) is 0 Å². The fourth-order valence-corrected chi connectivity index (χ4v) is 3.18. The molecule has 0 aromatic heterocycles. The number of nitrogens with zero attached hydrogens (tertiary/aromatic N) is 1. The number of aliphatic imine (C=N–C) groups is 1. The number of halogens is 1. The van der Waals surface area contributed by atoms with Crippen LogP contribution in [-0.4, -0.2) is 16.5 Å². The summed E-state index contributed by atoms with van der Waals surface area (Å²) in [4.78, 5) is 4.73. The van der Waals surface area contributed by atoms with Gasteiger partial charge in [0, 0.05) is 11.4 Å². The third kappa shape index (κ3) is 2.80. The third-order valence-corrected chi connectivity index (χ3v) is 4.36. The fourth-order valence-electron chi connectivity index (χ4n) is 1.85. The van der Waals surface area contributed by atoms with Gasteiger partial charge in [0.05, 0.1) is 5.54 Å². The summed E-state index contributed by atoms with van der Waals surface area (Å²) in [6, 6.07) is 6.48. The molecule has 0 saturated carbocycles. The van der Waals surface area contributed by atoms with Gasteiger partial charge in [-0.05, 0) is 31.0 Å². The largest absolute Gasteiger partial charge is 0.335 e. The summed E-state index contributed by atoms with van der Waals surface area (Å²) >= 11 is 1.72. The average molecular weight is 252 g/mol. The fraction of sp³-hybridized carbons (Fsp3) is 0.462. The van der Waals surface area contributed by atoms with E-state index in [0.29, 0.717) is 0 Å². The summed E-state index contributed by atoms with van der Waals surface area (Å²) in [7, 11) is 0. The summed E-state index contributed by atoms with van der Waals surface area (Å²) in [5.74, 6) is 0.785. The first-order valence-corrected chi connectivity index (χ1v) is 6.91. The molecule has 17 heavy (non-hydrogen) atoms. The summed E-state index contributed by atoms with van der Waals surface area (Å²) in [6.07, 6.45) is 2.09. The molecule has 0 unspecified atom stereocenters. The number of rotatable bonds is 3. The van der Waals surface area contributed by atoms with E-state index in [-0.39, 0.29) is 11.4 Å². The smallest absolute Gasteiger partial charge is 0.161 e. The normalized spacial score (nSPS) is 17.9. The van der Waals surface area contributed by atoms with E-state index in [1.807, 2.05) is 6.07 Å². The van der Waals surface area contributed by atoms with Gasteiger partial charge in [0.2, 0.25) is 0 Å². The predicted molar refractivity (Wildman–Crippen MR) is 73.2 cm³/mol. The lowest BCUT2D eigenvalue weighted by molar-refractivity contribution is 0.456. The standard InChI is InChI=1S/C13H17FN2S/c1-3-13(4-2)9-17-12(16-13)15-11-7-5-6-10(14)8-11/h5-8H,3-4,9H2,1-2H3,(H,15,16). The first kappa shape index (κ1) is 12.4. The molecular formula is C13H17FN2S. The highest BCUT2D eigenvalue weighted by Crippen LogP contribution is 2.33. The first-order chi connectivity index (χ1) is 8.17. The number of nitrogens with one attached hydrogen (secondary N) is 1. The lowest BCUT2D eigenvalue weighted by atomic mass is 9.97. The highest BCUT2D eigenvalue weighted by Gasteiger charge is 2.31. The minimum Gasteiger partial charge on any atom is -0.335 e. The van der Waals surface area contributed by atoms with Crippen LogP contribution in [0, 0.1) is 5.82 Å². The Morgan fingerprint density at radius 3 is 2.76 bits per heavy atom. The van der Waals surface area contributed by atoms with E-state index in [9.17, 15) is 4.39 Å². The second kappa shape index (κ2) is 5.08. The van der Waals surface area contributed by atoms with E-state index < -0.39 is 0 Å². The molecule has 0 aliphatic carbocycles. The van der Waals surface area contributed by atoms with Crippen LogP contribution in [0.15, 0.2) is 29.3 Å². The molecule has 0 radical (unpaired) electrons. The molecule has 0 amide bonds. The molecule has 0 fully saturated rings. The van der Waals surface area contributed by atoms with Crippen LogP contribution in [-0.2, 0) is 0 Å². The molecule has 4 heteroatoms. The SMILES string of the molecule is CCC1(CC)CSC(Nc2cccc(F)c2)=N1. The maximum atomic E-state index is 13.0. The van der Waals surface area contributed by atoms with E-state index in [1.165, 1.54) is 12.1 Å². The van der Waals surface area contributed by atoms with Gasteiger partial charge in [-0.1, -0.05) is 31.7 Å². The van der Waals surface area contributed by atoms with Crippen molar-refractivity contribution < 1.29 is 4.39 Å². The lowest BCUT2D eigenvalue weighted by Crippen LogP contribution is -2.24. The minimum absolute atomic E-state index is 0.0698. The lowest BCUT2D eigenvalue weighted by Gasteiger charge is -2.20. The van der Waals surface area contributed by atoms with Gasteiger partial charge in [-0.2, -0.15) is 0 Å². The summed E-state index contributed by atoms with van der Waals surface area (Å²) in [6.45, 7) is 4.33. The molecule has 0 spiro atoms. The Bertz CT molecular complexity index is 427. The number of thioether (sulfide) groups is 1. The van der Waals surface area contributed by atoms with Gasteiger partial charge < -0.3 is 5.32 Å². The maximum Gasteiger partial charge on any atom is 0.161 e. The molecule has 1 heterocycles. The van der Waals surface area contributed by atoms with Crippen LogP contribution in [0.25, 0.3) is 0 Å². The Labute approximate surface area is 106 Å². The maximum absolute atomic E-state index is 13.0. The van der Waals surface area contributed by atoms with Crippen molar-refractivity contribution in [1.82, 2.24) is 0 Å². The van der Waals surface area contributed by atoms with Crippen LogP contribution < -0.4 is 5.32 Å².